The quantitative estimate of drug-likeness (QED) is 0.338. The number of hydrogen-bond donors (Lipinski definition) is 1. The molecule has 0 unspecified atom stereocenters. The molecule has 0 fully saturated rings. The molecule has 4 aromatic rings. The topological polar surface area (TPSA) is 66.8 Å². The lowest BCUT2D eigenvalue weighted by atomic mass is 9.98. The van der Waals surface area contributed by atoms with Crippen LogP contribution in [-0.4, -0.2) is 30.3 Å². The highest BCUT2D eigenvalue weighted by Gasteiger charge is 2.30. The summed E-state index contributed by atoms with van der Waals surface area (Å²) in [6.07, 6.45) is 0.240. The van der Waals surface area contributed by atoms with E-state index in [1.54, 1.807) is 28.4 Å². The van der Waals surface area contributed by atoms with Crippen molar-refractivity contribution in [3.63, 3.8) is 0 Å². The second-order valence-corrected chi connectivity index (χ2v) is 9.17. The van der Waals surface area contributed by atoms with Crippen LogP contribution in [0, 0.1) is 0 Å². The lowest BCUT2D eigenvalue weighted by Gasteiger charge is -2.23. The van der Waals surface area contributed by atoms with E-state index in [4.69, 9.17) is 4.74 Å². The van der Waals surface area contributed by atoms with E-state index in [-0.39, 0.29) is 18.1 Å². The summed E-state index contributed by atoms with van der Waals surface area (Å²) in [7, 11) is 0. The van der Waals surface area contributed by atoms with Crippen molar-refractivity contribution in [3.8, 4) is 11.1 Å². The molecule has 1 N–H and O–H groups in total. The first-order valence-corrected chi connectivity index (χ1v) is 12.0. The van der Waals surface area contributed by atoms with Gasteiger partial charge in [0.05, 0.1) is 5.56 Å². The zero-order valence-electron chi connectivity index (χ0n) is 18.4. The molecule has 5 nitrogen and oxygen atoms in total. The number of fused-ring (bicyclic) bond motifs is 3. The Hall–Kier alpha value is -3.90. The largest absolute Gasteiger partial charge is 0.478 e. The number of nitrogens with zero attached hydrogens (tertiary/aromatic N) is 1. The molecular weight excluding hydrogens is 446 g/mol. The molecule has 5 rings (SSSR count). The maximum absolute atomic E-state index is 13.3. The predicted octanol–water partition coefficient (Wildman–Crippen LogP) is 6.44. The molecule has 0 radical (unpaired) electrons. The van der Waals surface area contributed by atoms with Crippen molar-refractivity contribution in [1.82, 2.24) is 0 Å². The molecule has 3 aromatic carbocycles. The Labute approximate surface area is 201 Å². The summed E-state index contributed by atoms with van der Waals surface area (Å²) >= 11 is 1.64. The molecule has 0 saturated carbocycles. The van der Waals surface area contributed by atoms with Crippen LogP contribution in [0.5, 0.6) is 0 Å². The average Bonchev–Trinajstić information content (AvgIpc) is 3.49. The number of rotatable bonds is 7. The Morgan fingerprint density at radius 3 is 2.09 bits per heavy atom. The monoisotopic (exact) mass is 469 g/mol. The van der Waals surface area contributed by atoms with Crippen LogP contribution in [0.1, 0.15) is 32.3 Å². The van der Waals surface area contributed by atoms with E-state index < -0.39 is 12.1 Å². The minimum atomic E-state index is -1.00. The van der Waals surface area contributed by atoms with Gasteiger partial charge in [0.2, 0.25) is 0 Å². The summed E-state index contributed by atoms with van der Waals surface area (Å²) < 4.78 is 5.88. The van der Waals surface area contributed by atoms with Gasteiger partial charge in [-0.2, -0.15) is 0 Å². The van der Waals surface area contributed by atoms with E-state index in [9.17, 15) is 14.7 Å². The number of carbonyl (C=O) groups is 2. The molecular formula is C28H23NO4S. The maximum Gasteiger partial charge on any atom is 0.414 e. The number of anilines is 1. The molecule has 170 valence electrons. The molecule has 0 aliphatic heterocycles. The average molecular weight is 470 g/mol. The highest BCUT2D eigenvalue weighted by Crippen LogP contribution is 2.44. The molecule has 1 aliphatic rings. The minimum absolute atomic E-state index is 0.0233. The molecule has 0 saturated heterocycles. The van der Waals surface area contributed by atoms with Gasteiger partial charge < -0.3 is 9.84 Å². The van der Waals surface area contributed by atoms with Crippen molar-refractivity contribution in [3.05, 3.63) is 112 Å². The van der Waals surface area contributed by atoms with Gasteiger partial charge in [-0.1, -0.05) is 54.6 Å². The smallest absolute Gasteiger partial charge is 0.414 e. The van der Waals surface area contributed by atoms with Crippen molar-refractivity contribution in [2.45, 2.75) is 12.3 Å². The number of thiophene rings is 1. The van der Waals surface area contributed by atoms with Gasteiger partial charge >= 0.3 is 12.1 Å². The molecule has 1 aromatic heterocycles. The fourth-order valence-corrected chi connectivity index (χ4v) is 5.16. The number of carboxylic acid groups (broad SMARTS) is 1. The third kappa shape index (κ3) is 4.32. The molecule has 0 bridgehead atoms. The summed E-state index contributed by atoms with van der Waals surface area (Å²) in [5.41, 5.74) is 5.46. The number of ether oxygens (including phenoxy) is 1. The first-order valence-electron chi connectivity index (χ1n) is 11.1. The zero-order valence-corrected chi connectivity index (χ0v) is 19.2. The second-order valence-electron chi connectivity index (χ2n) is 8.14. The molecule has 0 atom stereocenters. The molecule has 1 aliphatic carbocycles. The van der Waals surface area contributed by atoms with Crippen LogP contribution in [-0.2, 0) is 11.2 Å². The van der Waals surface area contributed by atoms with Crippen LogP contribution in [0.3, 0.4) is 0 Å². The highest BCUT2D eigenvalue weighted by molar-refractivity contribution is 7.09. The van der Waals surface area contributed by atoms with Crippen molar-refractivity contribution >= 4 is 29.1 Å². The Kier molecular flexibility index (Phi) is 6.14. The Morgan fingerprint density at radius 1 is 0.853 bits per heavy atom. The predicted molar refractivity (Wildman–Crippen MR) is 134 cm³/mol. The van der Waals surface area contributed by atoms with Crippen LogP contribution < -0.4 is 4.90 Å². The van der Waals surface area contributed by atoms with Gasteiger partial charge in [0.25, 0.3) is 0 Å². The first kappa shape index (κ1) is 21.9. The molecule has 1 amide bonds. The fraction of sp³-hybridized carbons (Fsp3) is 0.143. The standard InChI is InChI=1S/C28H23NO4S/c30-27(31)19-11-13-20(14-12-19)29(16-15-21-6-5-17-34-21)28(32)33-18-26-24-9-3-1-7-22(24)23-8-2-4-10-25(23)26/h1-14,17,26H,15-16,18H2,(H,30,31). The maximum atomic E-state index is 13.3. The Bertz CT molecular complexity index is 1270. The van der Waals surface area contributed by atoms with Crippen LogP contribution in [0.2, 0.25) is 0 Å². The van der Waals surface area contributed by atoms with Gasteiger partial charge in [0, 0.05) is 23.0 Å². The summed E-state index contributed by atoms with van der Waals surface area (Å²) in [6.45, 7) is 0.666. The molecule has 34 heavy (non-hydrogen) atoms. The van der Waals surface area contributed by atoms with Crippen molar-refractivity contribution in [2.24, 2.45) is 0 Å². The van der Waals surface area contributed by atoms with E-state index in [1.165, 1.54) is 28.1 Å². The number of benzene rings is 3. The van der Waals surface area contributed by atoms with E-state index in [0.29, 0.717) is 18.7 Å². The SMILES string of the molecule is O=C(O)c1ccc(N(CCc2cccs2)C(=O)OCC2c3ccccc3-c3ccccc32)cc1. The van der Waals surface area contributed by atoms with Crippen LogP contribution in [0.4, 0.5) is 10.5 Å². The van der Waals surface area contributed by atoms with Crippen LogP contribution in [0.15, 0.2) is 90.3 Å². The van der Waals surface area contributed by atoms with Gasteiger partial charge in [-0.05, 0) is 64.4 Å². The third-order valence-corrected chi connectivity index (χ3v) is 7.08. The number of amides is 1. The van der Waals surface area contributed by atoms with E-state index in [1.807, 2.05) is 41.8 Å². The summed E-state index contributed by atoms with van der Waals surface area (Å²) in [5, 5.41) is 11.2. The fourth-order valence-electron chi connectivity index (χ4n) is 4.46. The first-order chi connectivity index (χ1) is 16.6. The second kappa shape index (κ2) is 9.53. The molecule has 0 spiro atoms. The number of aromatic carboxylic acids is 1. The summed E-state index contributed by atoms with van der Waals surface area (Å²) in [6, 6.07) is 26.8. The lowest BCUT2D eigenvalue weighted by Crippen LogP contribution is -2.34. The number of carboxylic acids is 1. The highest BCUT2D eigenvalue weighted by atomic mass is 32.1. The van der Waals surface area contributed by atoms with Crippen LogP contribution in [0.25, 0.3) is 11.1 Å². The van der Waals surface area contributed by atoms with E-state index >= 15 is 0 Å². The Morgan fingerprint density at radius 2 is 1.50 bits per heavy atom. The summed E-state index contributed by atoms with van der Waals surface area (Å²) in [5.74, 6) is -1.03. The van der Waals surface area contributed by atoms with Crippen LogP contribution >= 0.6 is 11.3 Å². The van der Waals surface area contributed by atoms with E-state index in [0.717, 1.165) is 11.1 Å². The summed E-state index contributed by atoms with van der Waals surface area (Å²) in [4.78, 5) is 27.3. The lowest BCUT2D eigenvalue weighted by molar-refractivity contribution is 0.0697. The number of carbonyl (C=O) groups excluding carboxylic acids is 1. The minimum Gasteiger partial charge on any atom is -0.478 e. The van der Waals surface area contributed by atoms with Crippen molar-refractivity contribution in [2.75, 3.05) is 18.1 Å². The van der Waals surface area contributed by atoms with Gasteiger partial charge in [0.1, 0.15) is 6.61 Å². The third-order valence-electron chi connectivity index (χ3n) is 6.14. The van der Waals surface area contributed by atoms with Gasteiger partial charge in [0.15, 0.2) is 0 Å². The van der Waals surface area contributed by atoms with Gasteiger partial charge in [-0.25, -0.2) is 9.59 Å². The number of hydrogen-bond acceptors (Lipinski definition) is 4. The van der Waals surface area contributed by atoms with Gasteiger partial charge in [-0.3, -0.25) is 4.90 Å². The Balaban J connectivity index is 1.36. The van der Waals surface area contributed by atoms with Crippen molar-refractivity contribution < 1.29 is 19.4 Å². The zero-order chi connectivity index (χ0) is 23.5. The molecule has 1 heterocycles. The molecule has 6 heteroatoms. The van der Waals surface area contributed by atoms with E-state index in [2.05, 4.69) is 24.3 Å². The normalized spacial score (nSPS) is 12.1. The van der Waals surface area contributed by atoms with Gasteiger partial charge in [-0.15, -0.1) is 11.3 Å². The van der Waals surface area contributed by atoms with Crippen molar-refractivity contribution in [1.29, 1.82) is 0 Å².